The molecule has 2 heterocycles. The third kappa shape index (κ3) is 3.08. The van der Waals surface area contributed by atoms with Gasteiger partial charge in [-0.15, -0.1) is 0 Å². The lowest BCUT2D eigenvalue weighted by Crippen LogP contribution is -2.22. The fourth-order valence-electron chi connectivity index (χ4n) is 2.78. The quantitative estimate of drug-likeness (QED) is 0.927. The van der Waals surface area contributed by atoms with Crippen molar-refractivity contribution in [3.05, 3.63) is 58.6 Å². The summed E-state index contributed by atoms with van der Waals surface area (Å²) in [5.41, 5.74) is 1.46. The SMILES string of the molecule is Cc1ccc(Cl)c(O[C@@H](c2cccnc2)[C@H]2CCNC2)c1F. The second-order valence-electron chi connectivity index (χ2n) is 5.59. The van der Waals surface area contributed by atoms with Gasteiger partial charge in [-0.1, -0.05) is 23.7 Å². The normalized spacial score (nSPS) is 19.1. The van der Waals surface area contributed by atoms with Crippen molar-refractivity contribution in [1.29, 1.82) is 0 Å². The van der Waals surface area contributed by atoms with E-state index in [0.29, 0.717) is 10.6 Å². The van der Waals surface area contributed by atoms with E-state index in [0.717, 1.165) is 25.1 Å². The first-order valence-electron chi connectivity index (χ1n) is 7.38. The summed E-state index contributed by atoms with van der Waals surface area (Å²) in [5, 5.41) is 3.62. The number of rotatable bonds is 4. The molecule has 22 heavy (non-hydrogen) atoms. The molecule has 1 saturated heterocycles. The number of nitrogens with one attached hydrogen (secondary N) is 1. The molecule has 1 aliphatic heterocycles. The van der Waals surface area contributed by atoms with Crippen LogP contribution in [0.15, 0.2) is 36.7 Å². The zero-order valence-electron chi connectivity index (χ0n) is 12.4. The van der Waals surface area contributed by atoms with Crippen LogP contribution >= 0.6 is 11.6 Å². The zero-order chi connectivity index (χ0) is 15.5. The molecular weight excluding hydrogens is 303 g/mol. The molecule has 116 valence electrons. The first kappa shape index (κ1) is 15.3. The number of benzene rings is 1. The largest absolute Gasteiger partial charge is 0.481 e. The van der Waals surface area contributed by atoms with E-state index < -0.39 is 5.82 Å². The molecule has 0 saturated carbocycles. The van der Waals surface area contributed by atoms with Crippen LogP contribution in [0.1, 0.15) is 23.7 Å². The molecule has 0 amide bonds. The second-order valence-corrected chi connectivity index (χ2v) is 5.99. The van der Waals surface area contributed by atoms with Crippen LogP contribution in [0.3, 0.4) is 0 Å². The standard InChI is InChI=1S/C17H18ClFN2O/c1-11-4-5-14(18)17(15(11)19)22-16(13-6-8-21-10-13)12-3-2-7-20-9-12/h2-5,7,9,13,16,21H,6,8,10H2,1H3/t13-,16-/m0/s1. The predicted molar refractivity (Wildman–Crippen MR) is 84.7 cm³/mol. The van der Waals surface area contributed by atoms with Crippen molar-refractivity contribution in [3.63, 3.8) is 0 Å². The summed E-state index contributed by atoms with van der Waals surface area (Å²) in [5.74, 6) is -0.00468. The maximum atomic E-state index is 14.4. The number of halogens is 2. The van der Waals surface area contributed by atoms with Crippen LogP contribution in [0.25, 0.3) is 0 Å². The van der Waals surface area contributed by atoms with Crippen molar-refractivity contribution in [2.24, 2.45) is 5.92 Å². The van der Waals surface area contributed by atoms with Gasteiger partial charge in [-0.05, 0) is 37.6 Å². The van der Waals surface area contributed by atoms with Crippen LogP contribution in [0.5, 0.6) is 5.75 Å². The Morgan fingerprint density at radius 2 is 2.27 bits per heavy atom. The van der Waals surface area contributed by atoms with Crippen molar-refractivity contribution in [3.8, 4) is 5.75 Å². The average Bonchev–Trinajstić information content (AvgIpc) is 3.06. The Kier molecular flexibility index (Phi) is 4.60. The van der Waals surface area contributed by atoms with Crippen LogP contribution in [-0.4, -0.2) is 18.1 Å². The zero-order valence-corrected chi connectivity index (χ0v) is 13.1. The molecule has 2 atom stereocenters. The lowest BCUT2D eigenvalue weighted by atomic mass is 9.96. The Bertz CT molecular complexity index is 645. The van der Waals surface area contributed by atoms with Crippen LogP contribution in [0, 0.1) is 18.7 Å². The van der Waals surface area contributed by atoms with Crippen LogP contribution in [0.4, 0.5) is 4.39 Å². The van der Waals surface area contributed by atoms with Gasteiger partial charge in [0.2, 0.25) is 0 Å². The van der Waals surface area contributed by atoms with Crippen molar-refractivity contribution >= 4 is 11.6 Å². The summed E-state index contributed by atoms with van der Waals surface area (Å²) in [6, 6.07) is 7.14. The topological polar surface area (TPSA) is 34.1 Å². The van der Waals surface area contributed by atoms with E-state index in [4.69, 9.17) is 16.3 Å². The van der Waals surface area contributed by atoms with E-state index >= 15 is 0 Å². The molecule has 2 aromatic rings. The van der Waals surface area contributed by atoms with Gasteiger partial charge in [0.25, 0.3) is 0 Å². The lowest BCUT2D eigenvalue weighted by Gasteiger charge is -2.25. The number of aryl methyl sites for hydroxylation is 1. The summed E-state index contributed by atoms with van der Waals surface area (Å²) >= 11 is 6.14. The second kappa shape index (κ2) is 6.63. The first-order valence-corrected chi connectivity index (χ1v) is 7.76. The number of hydrogen-bond donors (Lipinski definition) is 1. The highest BCUT2D eigenvalue weighted by molar-refractivity contribution is 6.32. The summed E-state index contributed by atoms with van der Waals surface area (Å²) in [4.78, 5) is 4.15. The predicted octanol–water partition coefficient (Wildman–Crippen LogP) is 3.91. The maximum absolute atomic E-state index is 14.4. The molecule has 0 unspecified atom stereocenters. The molecule has 3 rings (SSSR count). The maximum Gasteiger partial charge on any atom is 0.174 e. The molecule has 3 nitrogen and oxygen atoms in total. The third-order valence-corrected chi connectivity index (χ3v) is 4.32. The van der Waals surface area contributed by atoms with E-state index in [9.17, 15) is 4.39 Å². The van der Waals surface area contributed by atoms with Crippen LogP contribution < -0.4 is 10.1 Å². The highest BCUT2D eigenvalue weighted by atomic mass is 35.5. The van der Waals surface area contributed by atoms with Gasteiger partial charge >= 0.3 is 0 Å². The lowest BCUT2D eigenvalue weighted by molar-refractivity contribution is 0.138. The summed E-state index contributed by atoms with van der Waals surface area (Å²) in [6.07, 6.45) is 4.19. The Labute approximate surface area is 134 Å². The molecule has 1 fully saturated rings. The summed E-state index contributed by atoms with van der Waals surface area (Å²) in [6.45, 7) is 3.48. The van der Waals surface area contributed by atoms with Gasteiger partial charge in [-0.2, -0.15) is 0 Å². The minimum Gasteiger partial charge on any atom is -0.481 e. The molecule has 0 radical (unpaired) electrons. The molecule has 1 N–H and O–H groups in total. The minimum atomic E-state index is -0.396. The van der Waals surface area contributed by atoms with Crippen molar-refractivity contribution < 1.29 is 9.13 Å². The fourth-order valence-corrected chi connectivity index (χ4v) is 2.97. The van der Waals surface area contributed by atoms with E-state index in [1.807, 2.05) is 12.1 Å². The third-order valence-electron chi connectivity index (χ3n) is 4.03. The van der Waals surface area contributed by atoms with E-state index in [2.05, 4.69) is 10.3 Å². The van der Waals surface area contributed by atoms with Gasteiger partial charge in [0.1, 0.15) is 6.10 Å². The number of aromatic nitrogens is 1. The van der Waals surface area contributed by atoms with Gasteiger partial charge in [0, 0.05) is 30.4 Å². The van der Waals surface area contributed by atoms with Gasteiger partial charge in [0.15, 0.2) is 11.6 Å². The monoisotopic (exact) mass is 320 g/mol. The van der Waals surface area contributed by atoms with E-state index in [-0.39, 0.29) is 17.8 Å². The Balaban J connectivity index is 1.95. The molecule has 0 bridgehead atoms. The van der Waals surface area contributed by atoms with Crippen molar-refractivity contribution in [2.75, 3.05) is 13.1 Å². The summed E-state index contributed by atoms with van der Waals surface area (Å²) in [7, 11) is 0. The highest BCUT2D eigenvalue weighted by Crippen LogP contribution is 2.37. The van der Waals surface area contributed by atoms with Gasteiger partial charge in [0.05, 0.1) is 5.02 Å². The Morgan fingerprint density at radius 3 is 2.95 bits per heavy atom. The van der Waals surface area contributed by atoms with Crippen LogP contribution in [-0.2, 0) is 0 Å². The average molecular weight is 321 g/mol. The number of pyridine rings is 1. The van der Waals surface area contributed by atoms with Crippen molar-refractivity contribution in [1.82, 2.24) is 10.3 Å². The number of hydrogen-bond acceptors (Lipinski definition) is 3. The molecule has 0 spiro atoms. The Hall–Kier alpha value is -1.65. The summed E-state index contributed by atoms with van der Waals surface area (Å²) < 4.78 is 20.4. The van der Waals surface area contributed by atoms with E-state index in [1.165, 1.54) is 0 Å². The Morgan fingerprint density at radius 1 is 1.41 bits per heavy atom. The van der Waals surface area contributed by atoms with Gasteiger partial charge < -0.3 is 10.1 Å². The molecule has 5 heteroatoms. The molecule has 0 aliphatic carbocycles. The van der Waals surface area contributed by atoms with Gasteiger partial charge in [-0.25, -0.2) is 4.39 Å². The minimum absolute atomic E-state index is 0.127. The highest BCUT2D eigenvalue weighted by Gasteiger charge is 2.29. The number of ether oxygens (including phenoxy) is 1. The number of nitrogens with zero attached hydrogens (tertiary/aromatic N) is 1. The van der Waals surface area contributed by atoms with E-state index in [1.54, 1.807) is 31.5 Å². The molecule has 1 aliphatic rings. The molecule has 1 aromatic heterocycles. The fraction of sp³-hybridized carbons (Fsp3) is 0.353. The first-order chi connectivity index (χ1) is 10.7. The molecular formula is C17H18ClFN2O. The van der Waals surface area contributed by atoms with Crippen molar-refractivity contribution in [2.45, 2.75) is 19.4 Å². The molecule has 1 aromatic carbocycles. The van der Waals surface area contributed by atoms with Crippen LogP contribution in [0.2, 0.25) is 5.02 Å². The van der Waals surface area contributed by atoms with Gasteiger partial charge in [-0.3, -0.25) is 4.98 Å². The smallest absolute Gasteiger partial charge is 0.174 e.